The average molecular weight is 272 g/mol. The number of esters is 1. The Morgan fingerprint density at radius 3 is 2.78 bits per heavy atom. The third-order valence-corrected chi connectivity index (χ3v) is 3.41. The van der Waals surface area contributed by atoms with E-state index in [-0.39, 0.29) is 12.0 Å². The summed E-state index contributed by atoms with van der Waals surface area (Å²) in [6.45, 7) is 6.62. The molecule has 0 saturated carbocycles. The second-order valence-corrected chi connectivity index (χ2v) is 4.67. The number of methoxy groups -OCH3 is 1. The Hall–Kier alpha value is -1.14. The Labute approximate surface area is 112 Å². The van der Waals surface area contributed by atoms with Crippen LogP contribution in [0.5, 0.6) is 0 Å². The number of carbonyl (C=O) groups is 1. The van der Waals surface area contributed by atoms with E-state index >= 15 is 0 Å². The van der Waals surface area contributed by atoms with E-state index < -0.39 is 0 Å². The highest BCUT2D eigenvalue weighted by molar-refractivity contribution is 7.10. The highest BCUT2D eigenvalue weighted by Gasteiger charge is 2.21. The molecular formula is C12H20N2O3S. The summed E-state index contributed by atoms with van der Waals surface area (Å²) in [6, 6.07) is 0.169. The summed E-state index contributed by atoms with van der Waals surface area (Å²) in [5.74, 6) is -0.321. The fourth-order valence-corrected chi connectivity index (χ4v) is 2.42. The van der Waals surface area contributed by atoms with Crippen molar-refractivity contribution in [2.45, 2.75) is 33.2 Å². The molecule has 0 spiro atoms. The van der Waals surface area contributed by atoms with Gasteiger partial charge in [-0.3, -0.25) is 0 Å². The summed E-state index contributed by atoms with van der Waals surface area (Å²) in [7, 11) is 1.66. The van der Waals surface area contributed by atoms with E-state index in [1.165, 1.54) is 11.5 Å². The summed E-state index contributed by atoms with van der Waals surface area (Å²) in [6.07, 6.45) is 0.910. The van der Waals surface area contributed by atoms with Gasteiger partial charge in [-0.1, -0.05) is 6.92 Å². The van der Waals surface area contributed by atoms with E-state index in [0.29, 0.717) is 24.5 Å². The molecule has 0 fully saturated rings. The van der Waals surface area contributed by atoms with Gasteiger partial charge in [-0.15, -0.1) is 0 Å². The zero-order chi connectivity index (χ0) is 13.5. The molecule has 0 radical (unpaired) electrons. The van der Waals surface area contributed by atoms with Gasteiger partial charge in [0.2, 0.25) is 0 Å². The molecule has 102 valence electrons. The lowest BCUT2D eigenvalue weighted by atomic mass is 10.2. The van der Waals surface area contributed by atoms with Crippen LogP contribution in [0.1, 0.15) is 36.3 Å². The molecule has 1 rings (SSSR count). The molecule has 0 aliphatic rings. The van der Waals surface area contributed by atoms with Gasteiger partial charge in [0.05, 0.1) is 24.9 Å². The van der Waals surface area contributed by atoms with Crippen LogP contribution < -0.4 is 5.32 Å². The van der Waals surface area contributed by atoms with Crippen molar-refractivity contribution in [3.8, 4) is 0 Å². The van der Waals surface area contributed by atoms with Crippen LogP contribution in [0, 0.1) is 6.92 Å². The van der Waals surface area contributed by atoms with Gasteiger partial charge in [0.1, 0.15) is 10.6 Å². The second kappa shape index (κ2) is 7.33. The molecule has 1 aromatic heterocycles. The van der Waals surface area contributed by atoms with Gasteiger partial charge in [-0.05, 0) is 31.8 Å². The van der Waals surface area contributed by atoms with Crippen LogP contribution in [0.15, 0.2) is 0 Å². The van der Waals surface area contributed by atoms with E-state index in [2.05, 4.69) is 16.6 Å². The number of carbonyl (C=O) groups excluding carboxylic acids is 1. The van der Waals surface area contributed by atoms with E-state index in [4.69, 9.17) is 9.47 Å². The number of aromatic nitrogens is 1. The maximum Gasteiger partial charge on any atom is 0.343 e. The Bertz CT molecular complexity index is 393. The number of hydrogen-bond donors (Lipinski definition) is 1. The third kappa shape index (κ3) is 3.68. The predicted octanol–water partition coefficient (Wildman–Crippen LogP) is 2.47. The fraction of sp³-hybridized carbons (Fsp3) is 0.667. The molecule has 1 heterocycles. The van der Waals surface area contributed by atoms with Crippen molar-refractivity contribution in [1.82, 2.24) is 4.37 Å². The maximum atomic E-state index is 11.8. The van der Waals surface area contributed by atoms with Gasteiger partial charge in [0.25, 0.3) is 0 Å². The van der Waals surface area contributed by atoms with Gasteiger partial charge < -0.3 is 14.8 Å². The van der Waals surface area contributed by atoms with Crippen molar-refractivity contribution in [2.24, 2.45) is 0 Å². The molecule has 0 amide bonds. The van der Waals surface area contributed by atoms with Crippen LogP contribution in [0.25, 0.3) is 0 Å². The lowest BCUT2D eigenvalue weighted by Crippen LogP contribution is -2.24. The maximum absolute atomic E-state index is 11.8. The van der Waals surface area contributed by atoms with Crippen LogP contribution in [0.2, 0.25) is 0 Å². The van der Waals surface area contributed by atoms with Gasteiger partial charge >= 0.3 is 5.97 Å². The number of hydrogen-bond acceptors (Lipinski definition) is 6. The SMILES string of the molecule is CCOC(=O)c1c(C)nsc1NC(CC)COC. The summed E-state index contributed by atoms with van der Waals surface area (Å²) >= 11 is 1.28. The van der Waals surface area contributed by atoms with Crippen molar-refractivity contribution >= 4 is 22.5 Å². The number of ether oxygens (including phenoxy) is 2. The molecule has 0 aliphatic carbocycles. The van der Waals surface area contributed by atoms with E-state index in [9.17, 15) is 4.79 Å². The van der Waals surface area contributed by atoms with Gasteiger partial charge in [-0.2, -0.15) is 4.37 Å². The Kier molecular flexibility index (Phi) is 6.07. The molecule has 1 N–H and O–H groups in total. The molecule has 1 atom stereocenters. The normalized spacial score (nSPS) is 12.2. The summed E-state index contributed by atoms with van der Waals surface area (Å²) in [4.78, 5) is 11.8. The first kappa shape index (κ1) is 14.9. The minimum Gasteiger partial charge on any atom is -0.462 e. The second-order valence-electron chi connectivity index (χ2n) is 3.90. The van der Waals surface area contributed by atoms with Crippen molar-refractivity contribution in [2.75, 3.05) is 25.6 Å². The van der Waals surface area contributed by atoms with E-state index in [1.807, 2.05) is 6.92 Å². The highest BCUT2D eigenvalue weighted by Crippen LogP contribution is 2.26. The van der Waals surface area contributed by atoms with Crippen LogP contribution in [-0.2, 0) is 9.47 Å². The van der Waals surface area contributed by atoms with E-state index in [1.54, 1.807) is 14.0 Å². The minimum absolute atomic E-state index is 0.169. The molecule has 0 bridgehead atoms. The summed E-state index contributed by atoms with van der Waals surface area (Å²) in [5.41, 5.74) is 1.24. The lowest BCUT2D eigenvalue weighted by Gasteiger charge is -2.16. The van der Waals surface area contributed by atoms with Crippen LogP contribution in [0.3, 0.4) is 0 Å². The quantitative estimate of drug-likeness (QED) is 0.773. The number of rotatable bonds is 7. The van der Waals surface area contributed by atoms with Crippen LogP contribution in [0.4, 0.5) is 5.00 Å². The van der Waals surface area contributed by atoms with Crippen LogP contribution >= 0.6 is 11.5 Å². The standard InChI is InChI=1S/C12H20N2O3S/c1-5-9(7-16-4)13-11-10(8(3)14-18-11)12(15)17-6-2/h9,13H,5-7H2,1-4H3. The molecule has 5 nitrogen and oxygen atoms in total. The third-order valence-electron chi connectivity index (χ3n) is 2.54. The first-order valence-corrected chi connectivity index (χ1v) is 6.80. The lowest BCUT2D eigenvalue weighted by molar-refractivity contribution is 0.0526. The predicted molar refractivity (Wildman–Crippen MR) is 72.4 cm³/mol. The van der Waals surface area contributed by atoms with Gasteiger partial charge in [0.15, 0.2) is 0 Å². The average Bonchev–Trinajstić information content (AvgIpc) is 2.70. The van der Waals surface area contributed by atoms with E-state index in [0.717, 1.165) is 11.4 Å². The smallest absolute Gasteiger partial charge is 0.343 e. The number of nitrogens with one attached hydrogen (secondary N) is 1. The minimum atomic E-state index is -0.321. The van der Waals surface area contributed by atoms with Crippen molar-refractivity contribution in [3.63, 3.8) is 0 Å². The monoisotopic (exact) mass is 272 g/mol. The summed E-state index contributed by atoms with van der Waals surface area (Å²) in [5, 5.41) is 4.05. The topological polar surface area (TPSA) is 60.5 Å². The van der Waals surface area contributed by atoms with Crippen molar-refractivity contribution < 1.29 is 14.3 Å². The van der Waals surface area contributed by atoms with Crippen molar-refractivity contribution in [1.29, 1.82) is 0 Å². The molecule has 1 aromatic rings. The highest BCUT2D eigenvalue weighted by atomic mass is 32.1. The largest absolute Gasteiger partial charge is 0.462 e. The van der Waals surface area contributed by atoms with Crippen molar-refractivity contribution in [3.05, 3.63) is 11.3 Å². The molecule has 0 aliphatic heterocycles. The first-order chi connectivity index (χ1) is 8.63. The molecular weight excluding hydrogens is 252 g/mol. The molecule has 0 saturated heterocycles. The molecule has 1 unspecified atom stereocenters. The summed E-state index contributed by atoms with van der Waals surface area (Å²) < 4.78 is 14.4. The molecule has 0 aromatic carbocycles. The number of nitrogens with zero attached hydrogens (tertiary/aromatic N) is 1. The van der Waals surface area contributed by atoms with Crippen LogP contribution in [-0.4, -0.2) is 36.7 Å². The molecule has 18 heavy (non-hydrogen) atoms. The number of aryl methyl sites for hydroxylation is 1. The zero-order valence-corrected chi connectivity index (χ0v) is 12.1. The first-order valence-electron chi connectivity index (χ1n) is 6.02. The Morgan fingerprint density at radius 1 is 1.50 bits per heavy atom. The fourth-order valence-electron chi connectivity index (χ4n) is 1.56. The Balaban J connectivity index is 2.85. The van der Waals surface area contributed by atoms with Gasteiger partial charge in [-0.25, -0.2) is 4.79 Å². The zero-order valence-electron chi connectivity index (χ0n) is 11.3. The number of anilines is 1. The Morgan fingerprint density at radius 2 is 2.22 bits per heavy atom. The van der Waals surface area contributed by atoms with Gasteiger partial charge in [0, 0.05) is 7.11 Å². The molecule has 6 heteroatoms.